The van der Waals surface area contributed by atoms with Gasteiger partial charge in [-0.3, -0.25) is 4.68 Å². The predicted molar refractivity (Wildman–Crippen MR) is 61.8 cm³/mol. The molecule has 0 aliphatic heterocycles. The molecule has 0 unspecified atom stereocenters. The van der Waals surface area contributed by atoms with Crippen LogP contribution < -0.4 is 11.1 Å². The van der Waals surface area contributed by atoms with Crippen LogP contribution in [-0.2, 0) is 6.54 Å². The number of nitrogens with one attached hydrogen (secondary N) is 1. The molecule has 2 aromatic heterocycles. The maximum atomic E-state index is 5.69. The molecule has 84 valence electrons. The minimum atomic E-state index is 0.571. The summed E-state index contributed by atoms with van der Waals surface area (Å²) in [7, 11) is 0. The van der Waals surface area contributed by atoms with Gasteiger partial charge in [-0.2, -0.15) is 5.10 Å². The zero-order chi connectivity index (χ0) is 11.2. The van der Waals surface area contributed by atoms with E-state index in [0.717, 1.165) is 19.5 Å². The molecule has 0 saturated carbocycles. The summed E-state index contributed by atoms with van der Waals surface area (Å²) in [5, 5.41) is 7.28. The first-order valence-electron chi connectivity index (χ1n) is 5.13. The first kappa shape index (κ1) is 10.4. The van der Waals surface area contributed by atoms with E-state index in [0.29, 0.717) is 11.5 Å². The number of hydrogen-bond donors (Lipinski definition) is 2. The van der Waals surface area contributed by atoms with Crippen molar-refractivity contribution >= 4 is 11.5 Å². The summed E-state index contributed by atoms with van der Waals surface area (Å²) in [5.41, 5.74) is 6.26. The lowest BCUT2D eigenvalue weighted by atomic mass is 10.4. The highest BCUT2D eigenvalue weighted by Gasteiger charge is 1.98. The highest BCUT2D eigenvalue weighted by Crippen LogP contribution is 2.10. The van der Waals surface area contributed by atoms with Crippen molar-refractivity contribution in [2.45, 2.75) is 13.0 Å². The molecule has 0 fully saturated rings. The molecule has 0 bridgehead atoms. The van der Waals surface area contributed by atoms with Gasteiger partial charge in [0.25, 0.3) is 0 Å². The van der Waals surface area contributed by atoms with Gasteiger partial charge in [0.15, 0.2) is 5.82 Å². The fourth-order valence-corrected chi connectivity index (χ4v) is 1.37. The van der Waals surface area contributed by atoms with Crippen molar-refractivity contribution in [2.75, 3.05) is 17.6 Å². The van der Waals surface area contributed by atoms with Crippen LogP contribution >= 0.6 is 0 Å². The second-order valence-corrected chi connectivity index (χ2v) is 3.38. The van der Waals surface area contributed by atoms with Crippen molar-refractivity contribution in [3.05, 3.63) is 31.0 Å². The second-order valence-electron chi connectivity index (χ2n) is 3.38. The van der Waals surface area contributed by atoms with Gasteiger partial charge in [0.2, 0.25) is 0 Å². The quantitative estimate of drug-likeness (QED) is 0.724. The standard InChI is InChI=1S/C10H14N6/c11-9-7-12-8-14-10(9)13-3-1-5-16-6-2-4-15-16/h2,4,6-8H,1,3,5,11H2,(H,12,13,14). The first-order valence-corrected chi connectivity index (χ1v) is 5.13. The van der Waals surface area contributed by atoms with Crippen LogP contribution in [0.4, 0.5) is 11.5 Å². The normalized spacial score (nSPS) is 10.2. The minimum absolute atomic E-state index is 0.571. The van der Waals surface area contributed by atoms with Gasteiger partial charge in [-0.15, -0.1) is 0 Å². The number of nitrogens with two attached hydrogens (primary N) is 1. The Labute approximate surface area is 93.5 Å². The van der Waals surface area contributed by atoms with E-state index in [9.17, 15) is 0 Å². The molecule has 2 heterocycles. The minimum Gasteiger partial charge on any atom is -0.394 e. The van der Waals surface area contributed by atoms with E-state index in [1.54, 1.807) is 12.4 Å². The molecule has 0 amide bonds. The van der Waals surface area contributed by atoms with Crippen molar-refractivity contribution in [3.8, 4) is 0 Å². The number of nitrogens with zero attached hydrogens (tertiary/aromatic N) is 4. The summed E-state index contributed by atoms with van der Waals surface area (Å²) in [6, 6.07) is 1.91. The maximum absolute atomic E-state index is 5.69. The van der Waals surface area contributed by atoms with E-state index in [4.69, 9.17) is 5.73 Å². The average Bonchev–Trinajstić information content (AvgIpc) is 2.79. The van der Waals surface area contributed by atoms with Gasteiger partial charge < -0.3 is 11.1 Å². The number of aromatic nitrogens is 4. The van der Waals surface area contributed by atoms with Crippen LogP contribution in [0.25, 0.3) is 0 Å². The Morgan fingerprint density at radius 2 is 2.38 bits per heavy atom. The van der Waals surface area contributed by atoms with Gasteiger partial charge in [-0.05, 0) is 12.5 Å². The fourth-order valence-electron chi connectivity index (χ4n) is 1.37. The van der Waals surface area contributed by atoms with E-state index >= 15 is 0 Å². The Bertz CT molecular complexity index is 425. The van der Waals surface area contributed by atoms with E-state index in [1.807, 2.05) is 16.9 Å². The molecule has 0 aromatic carbocycles. The Kier molecular flexibility index (Phi) is 3.32. The largest absolute Gasteiger partial charge is 0.394 e. The Morgan fingerprint density at radius 1 is 1.44 bits per heavy atom. The maximum Gasteiger partial charge on any atom is 0.152 e. The molecule has 0 atom stereocenters. The number of nitrogen functional groups attached to an aromatic ring is 1. The number of aryl methyl sites for hydroxylation is 1. The summed E-state index contributed by atoms with van der Waals surface area (Å²) in [4.78, 5) is 7.87. The van der Waals surface area contributed by atoms with Gasteiger partial charge in [-0.1, -0.05) is 0 Å². The summed E-state index contributed by atoms with van der Waals surface area (Å²) in [6.07, 6.45) is 7.75. The van der Waals surface area contributed by atoms with Crippen molar-refractivity contribution in [1.82, 2.24) is 19.7 Å². The van der Waals surface area contributed by atoms with Crippen molar-refractivity contribution in [1.29, 1.82) is 0 Å². The summed E-state index contributed by atoms with van der Waals surface area (Å²) < 4.78 is 1.89. The lowest BCUT2D eigenvalue weighted by Crippen LogP contribution is -2.09. The Balaban J connectivity index is 1.74. The smallest absolute Gasteiger partial charge is 0.152 e. The molecular formula is C10H14N6. The molecule has 6 heteroatoms. The monoisotopic (exact) mass is 218 g/mol. The van der Waals surface area contributed by atoms with Crippen LogP contribution in [-0.4, -0.2) is 26.3 Å². The Hall–Kier alpha value is -2.11. The molecule has 0 radical (unpaired) electrons. The summed E-state index contributed by atoms with van der Waals surface area (Å²) in [6.45, 7) is 1.69. The van der Waals surface area contributed by atoms with Gasteiger partial charge in [0, 0.05) is 25.5 Å². The predicted octanol–water partition coefficient (Wildman–Crippen LogP) is 0.757. The average molecular weight is 218 g/mol. The molecule has 6 nitrogen and oxygen atoms in total. The van der Waals surface area contributed by atoms with E-state index in [2.05, 4.69) is 20.4 Å². The van der Waals surface area contributed by atoms with Crippen LogP contribution in [0.15, 0.2) is 31.0 Å². The van der Waals surface area contributed by atoms with Gasteiger partial charge in [-0.25, -0.2) is 9.97 Å². The van der Waals surface area contributed by atoms with Crippen LogP contribution in [0.3, 0.4) is 0 Å². The van der Waals surface area contributed by atoms with Gasteiger partial charge in [0.05, 0.1) is 11.9 Å². The highest BCUT2D eigenvalue weighted by atomic mass is 15.3. The number of hydrogen-bond acceptors (Lipinski definition) is 5. The lowest BCUT2D eigenvalue weighted by molar-refractivity contribution is 0.591. The van der Waals surface area contributed by atoms with Crippen LogP contribution in [0.1, 0.15) is 6.42 Å². The number of rotatable bonds is 5. The van der Waals surface area contributed by atoms with Crippen LogP contribution in [0, 0.1) is 0 Å². The van der Waals surface area contributed by atoms with E-state index in [-0.39, 0.29) is 0 Å². The van der Waals surface area contributed by atoms with Crippen molar-refractivity contribution in [2.24, 2.45) is 0 Å². The number of anilines is 2. The zero-order valence-corrected chi connectivity index (χ0v) is 8.87. The lowest BCUT2D eigenvalue weighted by Gasteiger charge is -2.07. The molecule has 2 aromatic rings. The fraction of sp³-hybridized carbons (Fsp3) is 0.300. The van der Waals surface area contributed by atoms with Crippen LogP contribution in [0.5, 0.6) is 0 Å². The van der Waals surface area contributed by atoms with Crippen molar-refractivity contribution < 1.29 is 0 Å². The third-order valence-corrected chi connectivity index (χ3v) is 2.16. The highest BCUT2D eigenvalue weighted by molar-refractivity contribution is 5.58. The van der Waals surface area contributed by atoms with Gasteiger partial charge >= 0.3 is 0 Å². The summed E-state index contributed by atoms with van der Waals surface area (Å²) in [5.74, 6) is 0.690. The Morgan fingerprint density at radius 3 is 3.12 bits per heavy atom. The molecule has 2 rings (SSSR count). The molecule has 0 spiro atoms. The van der Waals surface area contributed by atoms with Crippen molar-refractivity contribution in [3.63, 3.8) is 0 Å². The van der Waals surface area contributed by atoms with E-state index in [1.165, 1.54) is 6.33 Å². The molecule has 16 heavy (non-hydrogen) atoms. The molecule has 0 aliphatic carbocycles. The van der Waals surface area contributed by atoms with Gasteiger partial charge in [0.1, 0.15) is 6.33 Å². The first-order chi connectivity index (χ1) is 7.86. The van der Waals surface area contributed by atoms with E-state index < -0.39 is 0 Å². The van der Waals surface area contributed by atoms with Crippen LogP contribution in [0.2, 0.25) is 0 Å². The molecule has 3 N–H and O–H groups in total. The summed E-state index contributed by atoms with van der Waals surface area (Å²) >= 11 is 0. The third-order valence-electron chi connectivity index (χ3n) is 2.16. The molecular weight excluding hydrogens is 204 g/mol. The molecule has 0 saturated heterocycles. The topological polar surface area (TPSA) is 81.6 Å². The second kappa shape index (κ2) is 5.11. The molecule has 0 aliphatic rings. The zero-order valence-electron chi connectivity index (χ0n) is 8.87. The SMILES string of the molecule is Nc1cncnc1NCCCn1cccn1. The third kappa shape index (κ3) is 2.69.